The van der Waals surface area contributed by atoms with Crippen LogP contribution in [0.5, 0.6) is 0 Å². The van der Waals surface area contributed by atoms with E-state index in [1.165, 1.54) is 6.07 Å². The van der Waals surface area contributed by atoms with Gasteiger partial charge in [-0.2, -0.15) is 0 Å². The van der Waals surface area contributed by atoms with Crippen LogP contribution >= 0.6 is 0 Å². The third-order valence-corrected chi connectivity index (χ3v) is 5.67. The first-order chi connectivity index (χ1) is 12.0. The average molecular weight is 347 g/mol. The summed E-state index contributed by atoms with van der Waals surface area (Å²) in [6, 6.07) is 6.89. The van der Waals surface area contributed by atoms with Crippen LogP contribution in [-0.2, 0) is 11.3 Å². The van der Waals surface area contributed by atoms with E-state index in [2.05, 4.69) is 22.0 Å². The number of nitrogens with one attached hydrogen (secondary N) is 1. The molecule has 1 aromatic rings. The molecule has 138 valence electrons. The van der Waals surface area contributed by atoms with E-state index in [9.17, 15) is 9.18 Å². The van der Waals surface area contributed by atoms with Gasteiger partial charge in [0.15, 0.2) is 0 Å². The largest absolute Gasteiger partial charge is 0.354 e. The number of hydrogen-bond donors (Lipinski definition) is 1. The zero-order chi connectivity index (χ0) is 17.9. The van der Waals surface area contributed by atoms with Crippen LogP contribution in [0.4, 0.5) is 4.39 Å². The molecule has 1 N–H and O–H groups in total. The van der Waals surface area contributed by atoms with Gasteiger partial charge in [0.05, 0.1) is 6.04 Å². The molecule has 2 aliphatic heterocycles. The quantitative estimate of drug-likeness (QED) is 0.889. The van der Waals surface area contributed by atoms with Crippen molar-refractivity contribution >= 4 is 5.91 Å². The Bertz CT molecular complexity index is 608. The smallest absolute Gasteiger partial charge is 0.237 e. The van der Waals surface area contributed by atoms with Gasteiger partial charge in [0, 0.05) is 19.6 Å². The summed E-state index contributed by atoms with van der Waals surface area (Å²) in [6.45, 7) is 6.72. The van der Waals surface area contributed by atoms with Crippen molar-refractivity contribution in [1.82, 2.24) is 15.1 Å². The zero-order valence-electron chi connectivity index (χ0n) is 15.4. The molecular formula is C20H30FN3O. The van der Waals surface area contributed by atoms with Crippen LogP contribution in [0.15, 0.2) is 24.3 Å². The first kappa shape index (κ1) is 18.3. The highest BCUT2D eigenvalue weighted by molar-refractivity contribution is 5.82. The number of piperidine rings is 1. The highest BCUT2D eigenvalue weighted by Crippen LogP contribution is 2.30. The zero-order valence-corrected chi connectivity index (χ0v) is 15.4. The minimum absolute atomic E-state index is 0.0376. The second kappa shape index (κ2) is 7.83. The molecule has 2 fully saturated rings. The Morgan fingerprint density at radius 1 is 1.36 bits per heavy atom. The normalized spacial score (nSPS) is 28.2. The molecule has 5 heteroatoms. The van der Waals surface area contributed by atoms with Gasteiger partial charge in [-0.15, -0.1) is 0 Å². The van der Waals surface area contributed by atoms with Crippen molar-refractivity contribution in [2.24, 2.45) is 5.41 Å². The van der Waals surface area contributed by atoms with Crippen molar-refractivity contribution in [2.75, 3.05) is 33.2 Å². The first-order valence-corrected chi connectivity index (χ1v) is 9.40. The molecule has 2 heterocycles. The summed E-state index contributed by atoms with van der Waals surface area (Å²) in [6.07, 6.45) is 4.30. The molecule has 2 atom stereocenters. The van der Waals surface area contributed by atoms with Gasteiger partial charge in [0.1, 0.15) is 5.82 Å². The van der Waals surface area contributed by atoms with E-state index < -0.39 is 0 Å². The molecule has 2 aliphatic rings. The Kier molecular flexibility index (Phi) is 5.74. The molecule has 0 spiro atoms. The second-order valence-electron chi connectivity index (χ2n) is 8.11. The number of likely N-dealkylation sites (tertiary alicyclic amines) is 2. The monoisotopic (exact) mass is 347 g/mol. The predicted molar refractivity (Wildman–Crippen MR) is 97.7 cm³/mol. The number of benzene rings is 1. The SMILES string of the molecule is CN1CCC[C@@H]1C(=O)NCC1(C)CCCN(Cc2cccc(F)c2)C1. The molecule has 25 heavy (non-hydrogen) atoms. The molecule has 1 aromatic carbocycles. The van der Waals surface area contributed by atoms with Gasteiger partial charge in [0.25, 0.3) is 0 Å². The van der Waals surface area contributed by atoms with Crippen molar-refractivity contribution in [1.29, 1.82) is 0 Å². The van der Waals surface area contributed by atoms with Crippen LogP contribution in [0.1, 0.15) is 38.2 Å². The fourth-order valence-electron chi connectivity index (χ4n) is 4.26. The van der Waals surface area contributed by atoms with Crippen LogP contribution in [-0.4, -0.2) is 55.0 Å². The molecule has 4 nitrogen and oxygen atoms in total. The molecule has 0 aliphatic carbocycles. The number of halogens is 1. The Hall–Kier alpha value is -1.46. The minimum atomic E-state index is -0.176. The molecule has 2 saturated heterocycles. The number of rotatable bonds is 5. The summed E-state index contributed by atoms with van der Waals surface area (Å²) in [5.74, 6) is -0.00584. The Morgan fingerprint density at radius 2 is 2.20 bits per heavy atom. The van der Waals surface area contributed by atoms with Gasteiger partial charge in [-0.3, -0.25) is 14.6 Å². The van der Waals surface area contributed by atoms with Gasteiger partial charge in [-0.1, -0.05) is 19.1 Å². The molecule has 1 unspecified atom stereocenters. The maximum atomic E-state index is 13.4. The fourth-order valence-corrected chi connectivity index (χ4v) is 4.26. The molecule has 0 aromatic heterocycles. The van der Waals surface area contributed by atoms with E-state index in [4.69, 9.17) is 0 Å². The molecule has 0 saturated carbocycles. The van der Waals surface area contributed by atoms with E-state index in [0.717, 1.165) is 64.0 Å². The summed E-state index contributed by atoms with van der Waals surface area (Å²) >= 11 is 0. The number of hydrogen-bond acceptors (Lipinski definition) is 3. The maximum Gasteiger partial charge on any atom is 0.237 e. The lowest BCUT2D eigenvalue weighted by molar-refractivity contribution is -0.125. The standard InChI is InChI=1S/C20H30FN3O/c1-20(14-22-19(25)18-8-4-10-23(18)2)9-5-11-24(15-20)13-16-6-3-7-17(21)12-16/h3,6-7,12,18H,4-5,8-11,13-15H2,1-2H3,(H,22,25)/t18-,20?/m1/s1. The van der Waals surface area contributed by atoms with Gasteiger partial charge in [-0.25, -0.2) is 4.39 Å². The lowest BCUT2D eigenvalue weighted by atomic mass is 9.81. The lowest BCUT2D eigenvalue weighted by Crippen LogP contribution is -2.50. The van der Waals surface area contributed by atoms with Crippen LogP contribution in [0.3, 0.4) is 0 Å². The second-order valence-corrected chi connectivity index (χ2v) is 8.11. The van der Waals surface area contributed by atoms with Crippen LogP contribution < -0.4 is 5.32 Å². The Labute approximate surface area is 150 Å². The van der Waals surface area contributed by atoms with Crippen LogP contribution in [0.2, 0.25) is 0 Å². The van der Waals surface area contributed by atoms with Crippen molar-refractivity contribution in [3.8, 4) is 0 Å². The highest BCUT2D eigenvalue weighted by Gasteiger charge is 2.33. The molecular weight excluding hydrogens is 317 g/mol. The van der Waals surface area contributed by atoms with Crippen molar-refractivity contribution in [2.45, 2.75) is 45.2 Å². The Morgan fingerprint density at radius 3 is 2.92 bits per heavy atom. The highest BCUT2D eigenvalue weighted by atomic mass is 19.1. The summed E-state index contributed by atoms with van der Waals surface area (Å²) in [5, 5.41) is 3.19. The number of carbonyl (C=O) groups excluding carboxylic acids is 1. The number of likely N-dealkylation sites (N-methyl/N-ethyl adjacent to an activating group) is 1. The van der Waals surface area contributed by atoms with Gasteiger partial charge < -0.3 is 5.32 Å². The predicted octanol–water partition coefficient (Wildman–Crippen LogP) is 2.64. The van der Waals surface area contributed by atoms with Crippen molar-refractivity contribution in [3.63, 3.8) is 0 Å². The third-order valence-electron chi connectivity index (χ3n) is 5.67. The van der Waals surface area contributed by atoms with E-state index in [1.807, 2.05) is 13.1 Å². The Balaban J connectivity index is 1.53. The maximum absolute atomic E-state index is 13.4. The topological polar surface area (TPSA) is 35.6 Å². The van der Waals surface area contributed by atoms with E-state index >= 15 is 0 Å². The van der Waals surface area contributed by atoms with Crippen LogP contribution in [0, 0.1) is 11.2 Å². The van der Waals surface area contributed by atoms with E-state index in [1.54, 1.807) is 12.1 Å². The van der Waals surface area contributed by atoms with Gasteiger partial charge >= 0.3 is 0 Å². The molecule has 0 bridgehead atoms. The average Bonchev–Trinajstić information content (AvgIpc) is 2.99. The first-order valence-electron chi connectivity index (χ1n) is 9.40. The van der Waals surface area contributed by atoms with Crippen LogP contribution in [0.25, 0.3) is 0 Å². The number of nitrogens with zero attached hydrogens (tertiary/aromatic N) is 2. The lowest BCUT2D eigenvalue weighted by Gasteiger charge is -2.41. The van der Waals surface area contributed by atoms with E-state index in [-0.39, 0.29) is 23.2 Å². The number of carbonyl (C=O) groups is 1. The summed E-state index contributed by atoms with van der Waals surface area (Å²) in [7, 11) is 2.03. The van der Waals surface area contributed by atoms with E-state index in [0.29, 0.717) is 0 Å². The van der Waals surface area contributed by atoms with Gasteiger partial charge in [0.2, 0.25) is 5.91 Å². The fraction of sp³-hybridized carbons (Fsp3) is 0.650. The molecule has 1 amide bonds. The molecule has 0 radical (unpaired) electrons. The third kappa shape index (κ3) is 4.79. The number of amides is 1. The summed E-state index contributed by atoms with van der Waals surface area (Å²) in [5.41, 5.74) is 1.10. The van der Waals surface area contributed by atoms with Crippen molar-refractivity contribution < 1.29 is 9.18 Å². The molecule has 3 rings (SSSR count). The summed E-state index contributed by atoms with van der Waals surface area (Å²) < 4.78 is 13.4. The van der Waals surface area contributed by atoms with Gasteiger partial charge in [-0.05, 0) is 68.9 Å². The van der Waals surface area contributed by atoms with Crippen molar-refractivity contribution in [3.05, 3.63) is 35.6 Å². The summed E-state index contributed by atoms with van der Waals surface area (Å²) in [4.78, 5) is 17.0. The minimum Gasteiger partial charge on any atom is -0.354 e.